The molecule has 0 radical (unpaired) electrons. The average molecular weight is 339 g/mol. The van der Waals surface area contributed by atoms with Crippen LogP contribution in [0.4, 0.5) is 0 Å². The van der Waals surface area contributed by atoms with Crippen molar-refractivity contribution in [1.29, 1.82) is 0 Å². The van der Waals surface area contributed by atoms with Crippen LogP contribution < -0.4 is 5.32 Å². The van der Waals surface area contributed by atoms with Crippen molar-refractivity contribution in [3.05, 3.63) is 58.9 Å². The van der Waals surface area contributed by atoms with E-state index < -0.39 is 17.9 Å². The number of benzene rings is 1. The monoisotopic (exact) mass is 339 g/mol. The summed E-state index contributed by atoms with van der Waals surface area (Å²) in [5, 5.41) is 7.11. The third-order valence-corrected chi connectivity index (χ3v) is 3.84. The summed E-state index contributed by atoms with van der Waals surface area (Å²) in [6, 6.07) is 9.63. The molecule has 3 aromatic rings. The van der Waals surface area contributed by atoms with Gasteiger partial charge in [-0.15, -0.1) is 0 Å². The third kappa shape index (κ3) is 3.21. The lowest BCUT2D eigenvalue weighted by Gasteiger charge is -2.17. The Bertz CT molecular complexity index is 934. The van der Waals surface area contributed by atoms with Crippen LogP contribution in [0.15, 0.2) is 40.9 Å². The van der Waals surface area contributed by atoms with Crippen LogP contribution >= 0.6 is 0 Å². The van der Waals surface area contributed by atoms with Crippen molar-refractivity contribution in [2.75, 3.05) is 7.11 Å². The van der Waals surface area contributed by atoms with Gasteiger partial charge in [0.1, 0.15) is 0 Å². The van der Waals surface area contributed by atoms with E-state index in [1.165, 1.54) is 7.11 Å². The van der Waals surface area contributed by atoms with Gasteiger partial charge in [-0.05, 0) is 25.5 Å². The lowest BCUT2D eigenvalue weighted by molar-refractivity contribution is -0.143. The predicted molar refractivity (Wildman–Crippen MR) is 89.9 cm³/mol. The molecule has 2 aromatic heterocycles. The smallest absolute Gasteiger partial charge is 0.333 e. The molecule has 0 aliphatic heterocycles. The van der Waals surface area contributed by atoms with Gasteiger partial charge >= 0.3 is 5.97 Å². The lowest BCUT2D eigenvalue weighted by atomic mass is 10.0. The van der Waals surface area contributed by atoms with E-state index >= 15 is 0 Å². The summed E-state index contributed by atoms with van der Waals surface area (Å²) in [5.41, 5.74) is 2.44. The second kappa shape index (κ2) is 6.72. The van der Waals surface area contributed by atoms with Crippen LogP contribution in [-0.2, 0) is 9.53 Å². The standard InChI is InChI=1S/C18H17N3O4/c1-10-9-13(14-11(2)21-25-17(14)19-10)16(22)20-15(18(23)24-3)12-7-5-4-6-8-12/h4-9,15H,1-3H3,(H,20,22)/t15-/m1/s1. The quantitative estimate of drug-likeness (QED) is 0.734. The molecule has 0 spiro atoms. The van der Waals surface area contributed by atoms with Crippen molar-refractivity contribution in [3.8, 4) is 0 Å². The highest BCUT2D eigenvalue weighted by Gasteiger charge is 2.26. The highest BCUT2D eigenvalue weighted by Crippen LogP contribution is 2.23. The Labute approximate surface area is 144 Å². The number of amides is 1. The molecule has 0 unspecified atom stereocenters. The number of hydrogen-bond acceptors (Lipinski definition) is 6. The van der Waals surface area contributed by atoms with Crippen LogP contribution in [0.2, 0.25) is 0 Å². The number of ether oxygens (including phenoxy) is 1. The van der Waals surface area contributed by atoms with E-state index in [9.17, 15) is 9.59 Å². The van der Waals surface area contributed by atoms with Gasteiger partial charge in [0.05, 0.1) is 23.8 Å². The fourth-order valence-corrected chi connectivity index (χ4v) is 2.65. The first-order chi connectivity index (χ1) is 12.0. The number of aromatic nitrogens is 2. The van der Waals surface area contributed by atoms with Crippen molar-refractivity contribution >= 4 is 23.0 Å². The topological polar surface area (TPSA) is 94.3 Å². The van der Waals surface area contributed by atoms with Gasteiger partial charge in [0.15, 0.2) is 6.04 Å². The van der Waals surface area contributed by atoms with Gasteiger partial charge in [-0.1, -0.05) is 35.5 Å². The second-order valence-electron chi connectivity index (χ2n) is 5.60. The second-order valence-corrected chi connectivity index (χ2v) is 5.60. The molecule has 2 heterocycles. The summed E-state index contributed by atoms with van der Waals surface area (Å²) in [4.78, 5) is 29.2. The van der Waals surface area contributed by atoms with E-state index in [0.29, 0.717) is 27.9 Å². The highest BCUT2D eigenvalue weighted by atomic mass is 16.5. The molecule has 1 atom stereocenters. The van der Waals surface area contributed by atoms with Gasteiger partial charge in [0.2, 0.25) is 0 Å². The fraction of sp³-hybridized carbons (Fsp3) is 0.222. The third-order valence-electron chi connectivity index (χ3n) is 3.84. The summed E-state index contributed by atoms with van der Waals surface area (Å²) in [6.07, 6.45) is 0. The molecule has 1 amide bonds. The SMILES string of the molecule is COC(=O)[C@H](NC(=O)c1cc(C)nc2onc(C)c12)c1ccccc1. The Kier molecular flexibility index (Phi) is 4.47. The van der Waals surface area contributed by atoms with E-state index in [2.05, 4.69) is 15.5 Å². The van der Waals surface area contributed by atoms with Gasteiger partial charge in [0.25, 0.3) is 11.6 Å². The summed E-state index contributed by atoms with van der Waals surface area (Å²) >= 11 is 0. The van der Waals surface area contributed by atoms with Crippen molar-refractivity contribution < 1.29 is 18.8 Å². The number of rotatable bonds is 4. The van der Waals surface area contributed by atoms with Crippen LogP contribution in [0.5, 0.6) is 0 Å². The van der Waals surface area contributed by atoms with E-state index in [0.717, 1.165) is 0 Å². The fourth-order valence-electron chi connectivity index (χ4n) is 2.65. The van der Waals surface area contributed by atoms with Gasteiger partial charge in [-0.3, -0.25) is 4.79 Å². The zero-order valence-corrected chi connectivity index (χ0v) is 14.1. The van der Waals surface area contributed by atoms with Crippen molar-refractivity contribution in [2.45, 2.75) is 19.9 Å². The van der Waals surface area contributed by atoms with E-state index in [1.807, 2.05) is 6.07 Å². The molecule has 3 rings (SSSR count). The normalized spacial score (nSPS) is 12.0. The average Bonchev–Trinajstić information content (AvgIpc) is 2.99. The first kappa shape index (κ1) is 16.6. The van der Waals surface area contributed by atoms with Gasteiger partial charge in [-0.25, -0.2) is 9.78 Å². The van der Waals surface area contributed by atoms with Crippen LogP contribution in [0.3, 0.4) is 0 Å². The molecule has 25 heavy (non-hydrogen) atoms. The molecule has 0 saturated heterocycles. The molecular weight excluding hydrogens is 322 g/mol. The van der Waals surface area contributed by atoms with Crippen LogP contribution in [-0.4, -0.2) is 29.1 Å². The van der Waals surface area contributed by atoms with Crippen molar-refractivity contribution in [2.24, 2.45) is 0 Å². The number of carbonyl (C=O) groups excluding carboxylic acids is 2. The number of fused-ring (bicyclic) bond motifs is 1. The molecule has 7 heteroatoms. The van der Waals surface area contributed by atoms with E-state index in [-0.39, 0.29) is 5.71 Å². The molecule has 0 bridgehead atoms. The summed E-state index contributed by atoms with van der Waals surface area (Å²) in [7, 11) is 1.28. The van der Waals surface area contributed by atoms with Crippen LogP contribution in [0.1, 0.15) is 33.4 Å². The summed E-state index contributed by atoms with van der Waals surface area (Å²) in [5.74, 6) is -0.982. The molecule has 0 aliphatic rings. The van der Waals surface area contributed by atoms with Gasteiger partial charge in [-0.2, -0.15) is 0 Å². The van der Waals surface area contributed by atoms with Crippen molar-refractivity contribution in [3.63, 3.8) is 0 Å². The van der Waals surface area contributed by atoms with E-state index in [1.54, 1.807) is 44.2 Å². The van der Waals surface area contributed by atoms with Gasteiger partial charge in [0, 0.05) is 5.69 Å². The molecule has 0 saturated carbocycles. The van der Waals surface area contributed by atoms with Crippen molar-refractivity contribution in [1.82, 2.24) is 15.5 Å². The molecule has 0 aliphatic carbocycles. The summed E-state index contributed by atoms with van der Waals surface area (Å²) < 4.78 is 9.97. The van der Waals surface area contributed by atoms with E-state index in [4.69, 9.17) is 9.26 Å². The number of pyridine rings is 1. The zero-order valence-electron chi connectivity index (χ0n) is 14.1. The molecular formula is C18H17N3O4. The number of hydrogen-bond donors (Lipinski definition) is 1. The van der Waals surface area contributed by atoms with Gasteiger partial charge < -0.3 is 14.6 Å². The number of methoxy groups -OCH3 is 1. The Hall–Kier alpha value is -3.22. The minimum absolute atomic E-state index is 0.289. The highest BCUT2D eigenvalue weighted by molar-refractivity contribution is 6.07. The molecule has 0 fully saturated rings. The first-order valence-electron chi connectivity index (χ1n) is 7.68. The minimum atomic E-state index is -0.914. The zero-order chi connectivity index (χ0) is 18.0. The Morgan fingerprint density at radius 1 is 1.20 bits per heavy atom. The minimum Gasteiger partial charge on any atom is -0.467 e. The molecule has 1 aromatic carbocycles. The number of nitrogens with zero attached hydrogens (tertiary/aromatic N) is 2. The maximum Gasteiger partial charge on any atom is 0.333 e. The number of aryl methyl sites for hydroxylation is 2. The van der Waals surface area contributed by atoms with Crippen LogP contribution in [0, 0.1) is 13.8 Å². The lowest BCUT2D eigenvalue weighted by Crippen LogP contribution is -2.34. The molecule has 1 N–H and O–H groups in total. The number of esters is 1. The molecule has 128 valence electrons. The Morgan fingerprint density at radius 3 is 2.60 bits per heavy atom. The molecule has 7 nitrogen and oxygen atoms in total. The maximum absolute atomic E-state index is 12.8. The number of nitrogens with one attached hydrogen (secondary N) is 1. The maximum atomic E-state index is 12.8. The van der Waals surface area contributed by atoms with Crippen LogP contribution in [0.25, 0.3) is 11.1 Å². The predicted octanol–water partition coefficient (Wildman–Crippen LogP) is 2.48. The Morgan fingerprint density at radius 2 is 1.92 bits per heavy atom. The Balaban J connectivity index is 2.00. The first-order valence-corrected chi connectivity index (χ1v) is 7.68. The largest absolute Gasteiger partial charge is 0.467 e. The number of carbonyl (C=O) groups is 2. The summed E-state index contributed by atoms with van der Waals surface area (Å²) in [6.45, 7) is 3.48.